The first-order valence-corrected chi connectivity index (χ1v) is 8.30. The Morgan fingerprint density at radius 3 is 2.26 bits per heavy atom. The summed E-state index contributed by atoms with van der Waals surface area (Å²) in [7, 11) is 0. The van der Waals surface area contributed by atoms with E-state index in [1.807, 2.05) is 0 Å². The van der Waals surface area contributed by atoms with Crippen LogP contribution in [0.25, 0.3) is 0 Å². The van der Waals surface area contributed by atoms with Crippen LogP contribution in [-0.4, -0.2) is 29.6 Å². The fourth-order valence-electron chi connectivity index (χ4n) is 4.26. The number of piperidine rings is 1. The number of nitrogens with zero attached hydrogens (tertiary/aromatic N) is 1. The van der Waals surface area contributed by atoms with Crippen LogP contribution in [-0.2, 0) is 0 Å². The summed E-state index contributed by atoms with van der Waals surface area (Å²) in [6, 6.07) is 1.74. The van der Waals surface area contributed by atoms with Crippen LogP contribution >= 0.6 is 0 Å². The average Bonchev–Trinajstić information content (AvgIpc) is 2.29. The lowest BCUT2D eigenvalue weighted by Gasteiger charge is -2.49. The molecule has 1 heterocycles. The molecule has 0 aromatic carbocycles. The molecule has 5 atom stereocenters. The smallest absolute Gasteiger partial charge is 0.0252 e. The van der Waals surface area contributed by atoms with Crippen molar-refractivity contribution in [2.45, 2.75) is 84.8 Å². The first kappa shape index (κ1) is 15.3. The van der Waals surface area contributed by atoms with Crippen molar-refractivity contribution in [2.75, 3.05) is 6.54 Å². The van der Waals surface area contributed by atoms with Gasteiger partial charge >= 0.3 is 0 Å². The molecule has 0 amide bonds. The van der Waals surface area contributed by atoms with Gasteiger partial charge in [0.05, 0.1) is 0 Å². The maximum Gasteiger partial charge on any atom is 0.0252 e. The van der Waals surface area contributed by atoms with E-state index in [0.717, 1.165) is 17.9 Å². The molecule has 1 saturated carbocycles. The van der Waals surface area contributed by atoms with Gasteiger partial charge in [-0.2, -0.15) is 0 Å². The molecule has 2 heteroatoms. The summed E-state index contributed by atoms with van der Waals surface area (Å²) in [6.45, 7) is 13.3. The molecule has 0 aromatic rings. The third-order valence-electron chi connectivity index (χ3n) is 5.71. The monoisotopic (exact) mass is 266 g/mol. The van der Waals surface area contributed by atoms with Crippen LogP contribution in [0.5, 0.6) is 0 Å². The first-order chi connectivity index (χ1) is 8.79. The lowest BCUT2D eigenvalue weighted by molar-refractivity contribution is 0.0190. The maximum atomic E-state index is 6.47. The van der Waals surface area contributed by atoms with Crippen molar-refractivity contribution >= 4 is 0 Å². The number of nitrogens with two attached hydrogens (primary N) is 1. The summed E-state index contributed by atoms with van der Waals surface area (Å²) < 4.78 is 0. The predicted molar refractivity (Wildman–Crippen MR) is 83.1 cm³/mol. The normalized spacial score (nSPS) is 42.3. The molecule has 112 valence electrons. The van der Waals surface area contributed by atoms with Gasteiger partial charge in [0, 0.05) is 18.1 Å². The zero-order chi connectivity index (χ0) is 14.2. The van der Waals surface area contributed by atoms with Crippen LogP contribution < -0.4 is 5.73 Å². The molecule has 2 fully saturated rings. The molecule has 2 N–H and O–H groups in total. The average molecular weight is 266 g/mol. The van der Waals surface area contributed by atoms with E-state index in [2.05, 4.69) is 39.5 Å². The van der Waals surface area contributed by atoms with Crippen LogP contribution in [0.4, 0.5) is 0 Å². The largest absolute Gasteiger partial charge is 0.326 e. The zero-order valence-electron chi connectivity index (χ0n) is 13.7. The topological polar surface area (TPSA) is 29.3 Å². The Morgan fingerprint density at radius 1 is 1.00 bits per heavy atom. The van der Waals surface area contributed by atoms with Gasteiger partial charge in [-0.1, -0.05) is 27.7 Å². The minimum absolute atomic E-state index is 0.398. The third-order valence-corrected chi connectivity index (χ3v) is 5.71. The van der Waals surface area contributed by atoms with E-state index in [0.29, 0.717) is 17.5 Å². The number of likely N-dealkylation sites (tertiary alicyclic amines) is 1. The number of hydrogen-bond acceptors (Lipinski definition) is 2. The van der Waals surface area contributed by atoms with Crippen LogP contribution in [0, 0.1) is 17.3 Å². The molecule has 2 aliphatic rings. The molecule has 1 saturated heterocycles. The van der Waals surface area contributed by atoms with Crippen molar-refractivity contribution in [2.24, 2.45) is 23.0 Å². The van der Waals surface area contributed by atoms with Crippen LogP contribution in [0.15, 0.2) is 0 Å². The molecule has 2 nitrogen and oxygen atoms in total. The minimum atomic E-state index is 0.398. The zero-order valence-corrected chi connectivity index (χ0v) is 13.7. The van der Waals surface area contributed by atoms with Crippen molar-refractivity contribution < 1.29 is 0 Å². The second-order valence-electron chi connectivity index (χ2n) is 8.32. The Balaban J connectivity index is 2.04. The minimum Gasteiger partial charge on any atom is -0.326 e. The highest BCUT2D eigenvalue weighted by molar-refractivity contribution is 4.95. The van der Waals surface area contributed by atoms with Crippen LogP contribution in [0.3, 0.4) is 0 Å². The molecule has 2 rings (SSSR count). The Kier molecular flexibility index (Phi) is 4.62. The molecule has 0 bridgehead atoms. The van der Waals surface area contributed by atoms with E-state index in [4.69, 9.17) is 5.73 Å². The second kappa shape index (κ2) is 5.73. The van der Waals surface area contributed by atoms with Crippen molar-refractivity contribution in [3.63, 3.8) is 0 Å². The van der Waals surface area contributed by atoms with Gasteiger partial charge in [0.1, 0.15) is 0 Å². The van der Waals surface area contributed by atoms with Gasteiger partial charge in [-0.15, -0.1) is 0 Å². The molecule has 0 aromatic heterocycles. The molecule has 1 aliphatic carbocycles. The molecule has 19 heavy (non-hydrogen) atoms. The van der Waals surface area contributed by atoms with Gasteiger partial charge in [0.2, 0.25) is 0 Å². The van der Waals surface area contributed by atoms with Gasteiger partial charge in [-0.05, 0) is 62.8 Å². The van der Waals surface area contributed by atoms with Crippen molar-refractivity contribution in [3.8, 4) is 0 Å². The summed E-state index contributed by atoms with van der Waals surface area (Å²) >= 11 is 0. The third kappa shape index (κ3) is 3.52. The van der Waals surface area contributed by atoms with Gasteiger partial charge in [0.25, 0.3) is 0 Å². The van der Waals surface area contributed by atoms with E-state index in [1.165, 1.54) is 38.6 Å². The summed E-state index contributed by atoms with van der Waals surface area (Å²) in [5, 5.41) is 0. The summed E-state index contributed by atoms with van der Waals surface area (Å²) in [4.78, 5) is 2.74. The summed E-state index contributed by atoms with van der Waals surface area (Å²) in [6.07, 6.45) is 6.55. The van der Waals surface area contributed by atoms with E-state index < -0.39 is 0 Å². The van der Waals surface area contributed by atoms with Crippen molar-refractivity contribution in [1.82, 2.24) is 4.90 Å². The standard InChI is InChI=1S/C17H34N2/c1-12-8-9-19(13(2)10-12)16-11-14(17(3,4)5)6-7-15(16)18/h12-16H,6-11,18H2,1-5H3. The van der Waals surface area contributed by atoms with Gasteiger partial charge in [-0.3, -0.25) is 4.90 Å². The molecular weight excluding hydrogens is 232 g/mol. The van der Waals surface area contributed by atoms with E-state index in [-0.39, 0.29) is 0 Å². The Morgan fingerprint density at radius 2 is 1.68 bits per heavy atom. The summed E-state index contributed by atoms with van der Waals surface area (Å²) in [5.41, 5.74) is 6.91. The lowest BCUT2D eigenvalue weighted by atomic mass is 9.69. The first-order valence-electron chi connectivity index (χ1n) is 8.30. The molecule has 0 spiro atoms. The van der Waals surface area contributed by atoms with E-state index >= 15 is 0 Å². The Labute approximate surface area is 120 Å². The fourth-order valence-corrected chi connectivity index (χ4v) is 4.26. The molecular formula is C17H34N2. The van der Waals surface area contributed by atoms with Crippen molar-refractivity contribution in [3.05, 3.63) is 0 Å². The lowest BCUT2D eigenvalue weighted by Crippen LogP contribution is -2.57. The highest BCUT2D eigenvalue weighted by Crippen LogP contribution is 2.40. The molecule has 5 unspecified atom stereocenters. The molecule has 1 aliphatic heterocycles. The quantitative estimate of drug-likeness (QED) is 0.785. The summed E-state index contributed by atoms with van der Waals surface area (Å²) in [5.74, 6) is 1.73. The van der Waals surface area contributed by atoms with E-state index in [1.54, 1.807) is 0 Å². The predicted octanol–water partition coefficient (Wildman–Crippen LogP) is 3.65. The van der Waals surface area contributed by atoms with Crippen LogP contribution in [0.1, 0.15) is 66.7 Å². The van der Waals surface area contributed by atoms with Gasteiger partial charge in [-0.25, -0.2) is 0 Å². The Bertz CT molecular complexity index is 294. The SMILES string of the molecule is CC1CCN(C2CC(C(C)(C)C)CCC2N)C(C)C1. The highest BCUT2D eigenvalue weighted by Gasteiger charge is 2.39. The van der Waals surface area contributed by atoms with E-state index in [9.17, 15) is 0 Å². The second-order valence-corrected chi connectivity index (χ2v) is 8.32. The Hall–Kier alpha value is -0.0800. The van der Waals surface area contributed by atoms with Crippen molar-refractivity contribution in [1.29, 1.82) is 0 Å². The van der Waals surface area contributed by atoms with Gasteiger partial charge < -0.3 is 5.73 Å². The molecule has 0 radical (unpaired) electrons. The number of hydrogen-bond donors (Lipinski definition) is 1. The maximum absolute atomic E-state index is 6.47. The number of rotatable bonds is 1. The fraction of sp³-hybridized carbons (Fsp3) is 1.00. The highest BCUT2D eigenvalue weighted by atomic mass is 15.2. The van der Waals surface area contributed by atoms with Gasteiger partial charge in [0.15, 0.2) is 0 Å². The van der Waals surface area contributed by atoms with Crippen LogP contribution in [0.2, 0.25) is 0 Å².